The van der Waals surface area contributed by atoms with Gasteiger partial charge in [-0.25, -0.2) is 0 Å². The third-order valence-corrected chi connectivity index (χ3v) is 8.94. The molecule has 20 heavy (non-hydrogen) atoms. The van der Waals surface area contributed by atoms with Crippen molar-refractivity contribution < 1.29 is 9.90 Å². The van der Waals surface area contributed by atoms with E-state index in [1.165, 1.54) is 44.7 Å². The predicted molar refractivity (Wildman–Crippen MR) is 93.5 cm³/mol. The van der Waals surface area contributed by atoms with Gasteiger partial charge in [-0.3, -0.25) is 4.79 Å². The number of carbonyl (C=O) groups is 1. The van der Waals surface area contributed by atoms with E-state index in [4.69, 9.17) is 5.11 Å². The minimum atomic E-state index is -0.968. The molecule has 0 unspecified atom stereocenters. The molecule has 0 spiro atoms. The van der Waals surface area contributed by atoms with Crippen LogP contribution in [0.4, 0.5) is 0 Å². The monoisotopic (exact) mass is 306 g/mol. The molecule has 0 aromatic rings. The largest absolute Gasteiger partial charge is 0.480 e. The Bertz CT molecular complexity index is 201. The first-order valence-electron chi connectivity index (χ1n) is 8.28. The maximum atomic E-state index is 9.24. The first-order valence-corrected chi connectivity index (χ1v) is 10.8. The summed E-state index contributed by atoms with van der Waals surface area (Å²) in [5.74, 6) is -0.968. The van der Waals surface area contributed by atoms with Gasteiger partial charge in [0, 0.05) is 7.26 Å². The van der Waals surface area contributed by atoms with Crippen LogP contribution in [0, 0.1) is 0 Å². The molecule has 0 radical (unpaired) electrons. The van der Waals surface area contributed by atoms with Gasteiger partial charge in [-0.15, -0.1) is 0 Å². The quantitative estimate of drug-likeness (QED) is 0.554. The Labute approximate surface area is 127 Å². The molecule has 0 aromatic heterocycles. The maximum Gasteiger partial charge on any atom is 0.317 e. The summed E-state index contributed by atoms with van der Waals surface area (Å²) >= 11 is 0. The molecule has 0 rings (SSSR count). The second-order valence-corrected chi connectivity index (χ2v) is 10.1. The van der Waals surface area contributed by atoms with Gasteiger partial charge in [0.2, 0.25) is 0 Å². The lowest BCUT2D eigenvalue weighted by Gasteiger charge is -2.26. The number of hydrogen-bond acceptors (Lipinski definition) is 2. The number of unbranched alkanes of at least 4 members (excludes halogenated alkanes) is 3. The average Bonchev–Trinajstić information content (AvgIpc) is 2.47. The van der Waals surface area contributed by atoms with Crippen LogP contribution in [-0.4, -0.2) is 42.3 Å². The third kappa shape index (κ3) is 12.9. The Kier molecular flexibility index (Phi) is 16.9. The molecule has 0 amide bonds. The van der Waals surface area contributed by atoms with Crippen molar-refractivity contribution in [2.24, 2.45) is 5.73 Å². The average molecular weight is 306 g/mol. The van der Waals surface area contributed by atoms with Crippen molar-refractivity contribution in [3.8, 4) is 0 Å². The van der Waals surface area contributed by atoms with E-state index in [0.29, 0.717) is 0 Å². The van der Waals surface area contributed by atoms with Crippen molar-refractivity contribution in [3.05, 3.63) is 0 Å². The van der Waals surface area contributed by atoms with Gasteiger partial charge in [0.25, 0.3) is 0 Å². The summed E-state index contributed by atoms with van der Waals surface area (Å²) in [4.78, 5) is 9.24. The molecule has 0 saturated carbocycles. The van der Waals surface area contributed by atoms with Crippen LogP contribution in [0.1, 0.15) is 66.2 Å². The van der Waals surface area contributed by atoms with Crippen molar-refractivity contribution in [2.75, 3.05) is 31.2 Å². The highest BCUT2D eigenvalue weighted by molar-refractivity contribution is 7.75. The molecule has 122 valence electrons. The molecular formula is C16H37NO2P+. The van der Waals surface area contributed by atoms with E-state index in [2.05, 4.69) is 33.4 Å². The van der Waals surface area contributed by atoms with Crippen LogP contribution < -0.4 is 5.73 Å². The van der Waals surface area contributed by atoms with E-state index in [0.717, 1.165) is 0 Å². The van der Waals surface area contributed by atoms with Crippen LogP contribution in [-0.2, 0) is 4.79 Å². The van der Waals surface area contributed by atoms with Gasteiger partial charge in [0.15, 0.2) is 0 Å². The summed E-state index contributed by atoms with van der Waals surface area (Å²) in [6.07, 6.45) is 14.9. The molecule has 0 saturated heterocycles. The van der Waals surface area contributed by atoms with E-state index < -0.39 is 13.2 Å². The van der Waals surface area contributed by atoms with Crippen LogP contribution in [0.3, 0.4) is 0 Å². The molecule has 0 aliphatic rings. The molecule has 0 atom stereocenters. The molecule has 3 nitrogen and oxygen atoms in total. The van der Waals surface area contributed by atoms with Gasteiger partial charge in [-0.05, 0) is 26.2 Å². The number of rotatable bonds is 11. The molecule has 3 N–H and O–H groups in total. The lowest BCUT2D eigenvalue weighted by molar-refractivity contribution is -0.135. The van der Waals surface area contributed by atoms with Crippen molar-refractivity contribution in [2.45, 2.75) is 66.2 Å². The highest BCUT2D eigenvalue weighted by Crippen LogP contribution is 2.60. The fraction of sp³-hybridized carbons (Fsp3) is 0.938. The van der Waals surface area contributed by atoms with E-state index in [1.54, 1.807) is 18.5 Å². The number of carboxylic acids is 1. The molecule has 0 heterocycles. The second kappa shape index (κ2) is 15.3. The third-order valence-electron chi connectivity index (χ3n) is 3.80. The molecule has 0 aromatic carbocycles. The number of hydrogen-bond donors (Lipinski definition) is 2. The first kappa shape index (κ1) is 22.1. The van der Waals surface area contributed by atoms with E-state index in [1.807, 2.05) is 0 Å². The summed E-state index contributed by atoms with van der Waals surface area (Å²) < 4.78 is 0. The van der Waals surface area contributed by atoms with Gasteiger partial charge in [-0.2, -0.15) is 0 Å². The van der Waals surface area contributed by atoms with Crippen molar-refractivity contribution >= 4 is 13.2 Å². The molecular weight excluding hydrogens is 269 g/mol. The molecule has 0 bridgehead atoms. The summed E-state index contributed by atoms with van der Waals surface area (Å²) in [6, 6.07) is 0. The van der Waals surface area contributed by atoms with Crippen LogP contribution in [0.25, 0.3) is 0 Å². The van der Waals surface area contributed by atoms with Gasteiger partial charge < -0.3 is 10.8 Å². The fourth-order valence-electron chi connectivity index (χ4n) is 2.29. The second-order valence-electron chi connectivity index (χ2n) is 5.49. The molecule has 0 fully saturated rings. The number of nitrogens with two attached hydrogens (primary N) is 1. The Hall–Kier alpha value is -0.140. The highest BCUT2D eigenvalue weighted by atomic mass is 31.2. The predicted octanol–water partition coefficient (Wildman–Crippen LogP) is 4.45. The molecule has 4 heteroatoms. The van der Waals surface area contributed by atoms with Gasteiger partial charge in [-0.1, -0.05) is 40.0 Å². The topological polar surface area (TPSA) is 63.3 Å². The zero-order chi connectivity index (χ0) is 15.9. The molecule has 0 aliphatic heterocycles. The SMILES string of the molecule is CCCC[P+](CC)(CCCC)CCCC.NCC(=O)O. The van der Waals surface area contributed by atoms with Gasteiger partial charge in [0.1, 0.15) is 0 Å². The van der Waals surface area contributed by atoms with E-state index >= 15 is 0 Å². The lowest BCUT2D eigenvalue weighted by atomic mass is 10.4. The van der Waals surface area contributed by atoms with Crippen molar-refractivity contribution in [3.63, 3.8) is 0 Å². The molecule has 0 aliphatic carbocycles. The van der Waals surface area contributed by atoms with Gasteiger partial charge in [0.05, 0.1) is 31.2 Å². The Morgan fingerprint density at radius 2 is 1.20 bits per heavy atom. The summed E-state index contributed by atoms with van der Waals surface area (Å²) in [5.41, 5.74) is 4.57. The van der Waals surface area contributed by atoms with Gasteiger partial charge >= 0.3 is 5.97 Å². The smallest absolute Gasteiger partial charge is 0.317 e. The van der Waals surface area contributed by atoms with Crippen molar-refractivity contribution in [1.82, 2.24) is 0 Å². The van der Waals surface area contributed by atoms with Crippen LogP contribution in [0.2, 0.25) is 0 Å². The van der Waals surface area contributed by atoms with E-state index in [9.17, 15) is 4.79 Å². The maximum absolute atomic E-state index is 9.24. The van der Waals surface area contributed by atoms with Crippen LogP contribution in [0.15, 0.2) is 0 Å². The number of carboxylic acid groups (broad SMARTS) is 1. The fourth-order valence-corrected chi connectivity index (χ4v) is 6.87. The summed E-state index contributed by atoms with van der Waals surface area (Å²) in [7, 11) is -0.527. The summed E-state index contributed by atoms with van der Waals surface area (Å²) in [5, 5.41) is 7.60. The Morgan fingerprint density at radius 3 is 1.35 bits per heavy atom. The Morgan fingerprint density at radius 1 is 0.900 bits per heavy atom. The highest BCUT2D eigenvalue weighted by Gasteiger charge is 2.32. The zero-order valence-corrected chi connectivity index (χ0v) is 15.1. The minimum Gasteiger partial charge on any atom is -0.480 e. The zero-order valence-electron chi connectivity index (χ0n) is 14.2. The standard InChI is InChI=1S/C14H32P.C2H5NO2/c1-5-9-12-15(8-4,13-10-6-2)14-11-7-3;3-1-2(4)5/h5-14H2,1-4H3;1,3H2,(H,4,5)/q+1;. The lowest BCUT2D eigenvalue weighted by Crippen LogP contribution is -2.11. The minimum absolute atomic E-state index is 0.278. The van der Waals surface area contributed by atoms with Crippen LogP contribution in [0.5, 0.6) is 0 Å². The normalized spacial score (nSPS) is 10.8. The number of aliphatic carboxylic acids is 1. The summed E-state index contributed by atoms with van der Waals surface area (Å²) in [6.45, 7) is 9.19. The first-order chi connectivity index (χ1) is 9.51. The van der Waals surface area contributed by atoms with Crippen molar-refractivity contribution in [1.29, 1.82) is 0 Å². The van der Waals surface area contributed by atoms with Crippen LogP contribution >= 0.6 is 7.26 Å². The Balaban J connectivity index is 0. The van der Waals surface area contributed by atoms with E-state index in [-0.39, 0.29) is 6.54 Å².